The van der Waals surface area contributed by atoms with E-state index in [1.54, 1.807) is 0 Å². The fourth-order valence-electron chi connectivity index (χ4n) is 2.66. The standard InChI is InChI=1S/C20H29N3O2/c1-16(22-25-14-12-17-7-5-4-6-8-17)19-10-9-18(23(19)3)11-13-20(2,21)15-24/h4-10,24H,11-15,21H2,1-3H3/b22-16+/t20-/m1/s1. The lowest BCUT2D eigenvalue weighted by Crippen LogP contribution is -2.40. The molecule has 0 fully saturated rings. The molecule has 1 atom stereocenters. The number of rotatable bonds is 9. The summed E-state index contributed by atoms with van der Waals surface area (Å²) >= 11 is 0. The minimum absolute atomic E-state index is 0.0139. The summed E-state index contributed by atoms with van der Waals surface area (Å²) in [5.41, 5.74) is 9.74. The van der Waals surface area contributed by atoms with Crippen molar-refractivity contribution in [1.82, 2.24) is 4.57 Å². The lowest BCUT2D eigenvalue weighted by molar-refractivity contribution is 0.147. The van der Waals surface area contributed by atoms with Gasteiger partial charge in [0.2, 0.25) is 0 Å². The van der Waals surface area contributed by atoms with Gasteiger partial charge in [0.05, 0.1) is 12.3 Å². The van der Waals surface area contributed by atoms with Crippen molar-refractivity contribution in [2.24, 2.45) is 17.9 Å². The van der Waals surface area contributed by atoms with E-state index < -0.39 is 5.54 Å². The quantitative estimate of drug-likeness (QED) is 0.418. The third-order valence-electron chi connectivity index (χ3n) is 4.44. The average Bonchev–Trinajstić information content (AvgIpc) is 2.98. The Morgan fingerprint density at radius 1 is 1.20 bits per heavy atom. The number of oxime groups is 1. The molecule has 1 aromatic carbocycles. The summed E-state index contributed by atoms with van der Waals surface area (Å²) in [7, 11) is 2.01. The number of aliphatic hydroxyl groups excluding tert-OH is 1. The Bertz CT molecular complexity index is 690. The molecule has 0 aliphatic carbocycles. The molecule has 1 aromatic heterocycles. The molecule has 5 nitrogen and oxygen atoms in total. The van der Waals surface area contributed by atoms with Gasteiger partial charge in [-0.15, -0.1) is 0 Å². The van der Waals surface area contributed by atoms with Crippen molar-refractivity contribution < 1.29 is 9.94 Å². The van der Waals surface area contributed by atoms with Gasteiger partial charge in [-0.25, -0.2) is 0 Å². The van der Waals surface area contributed by atoms with Gasteiger partial charge in [-0.05, 0) is 44.4 Å². The second-order valence-electron chi connectivity index (χ2n) is 6.83. The van der Waals surface area contributed by atoms with E-state index in [9.17, 15) is 5.11 Å². The minimum Gasteiger partial charge on any atom is -0.395 e. The summed E-state index contributed by atoms with van der Waals surface area (Å²) in [6.45, 7) is 4.35. The topological polar surface area (TPSA) is 72.8 Å². The van der Waals surface area contributed by atoms with Crippen LogP contribution in [0.2, 0.25) is 0 Å². The molecular weight excluding hydrogens is 314 g/mol. The van der Waals surface area contributed by atoms with Crippen LogP contribution in [0.15, 0.2) is 47.6 Å². The molecule has 3 N–H and O–H groups in total. The highest BCUT2D eigenvalue weighted by Gasteiger charge is 2.18. The van der Waals surface area contributed by atoms with Crippen LogP contribution in [-0.2, 0) is 24.7 Å². The van der Waals surface area contributed by atoms with Crippen molar-refractivity contribution in [2.75, 3.05) is 13.2 Å². The zero-order chi connectivity index (χ0) is 18.3. The number of nitrogens with two attached hydrogens (primary N) is 1. The lowest BCUT2D eigenvalue weighted by Gasteiger charge is -2.21. The molecule has 5 heteroatoms. The van der Waals surface area contributed by atoms with Gasteiger partial charge in [0.1, 0.15) is 12.3 Å². The van der Waals surface area contributed by atoms with Crippen molar-refractivity contribution in [3.63, 3.8) is 0 Å². The SMILES string of the molecule is C/C(=N\OCCc1ccccc1)c1ccc(CC[C@@](C)(N)CO)n1C. The van der Waals surface area contributed by atoms with Gasteiger partial charge in [0.25, 0.3) is 0 Å². The first-order valence-corrected chi connectivity index (χ1v) is 8.68. The summed E-state index contributed by atoms with van der Waals surface area (Å²) < 4.78 is 2.10. The summed E-state index contributed by atoms with van der Waals surface area (Å²) in [5.74, 6) is 0. The van der Waals surface area contributed by atoms with Gasteiger partial charge < -0.3 is 20.2 Å². The summed E-state index contributed by atoms with van der Waals surface area (Å²) in [6, 6.07) is 14.3. The monoisotopic (exact) mass is 343 g/mol. The first-order chi connectivity index (χ1) is 11.9. The van der Waals surface area contributed by atoms with Crippen LogP contribution in [0, 0.1) is 0 Å². The predicted octanol–water partition coefficient (Wildman–Crippen LogP) is 2.65. The molecule has 136 valence electrons. The minimum atomic E-state index is -0.548. The number of hydrogen-bond acceptors (Lipinski definition) is 4. The molecule has 25 heavy (non-hydrogen) atoms. The maximum atomic E-state index is 9.27. The van der Waals surface area contributed by atoms with Gasteiger partial charge in [0, 0.05) is 24.7 Å². The van der Waals surface area contributed by atoms with E-state index in [-0.39, 0.29) is 6.61 Å². The van der Waals surface area contributed by atoms with Gasteiger partial charge in [-0.1, -0.05) is 35.5 Å². The molecule has 0 saturated heterocycles. The van der Waals surface area contributed by atoms with Crippen LogP contribution < -0.4 is 5.73 Å². The Morgan fingerprint density at radius 3 is 2.60 bits per heavy atom. The third kappa shape index (κ3) is 5.73. The summed E-state index contributed by atoms with van der Waals surface area (Å²) in [4.78, 5) is 5.47. The smallest absolute Gasteiger partial charge is 0.121 e. The maximum Gasteiger partial charge on any atom is 0.121 e. The van der Waals surface area contributed by atoms with E-state index in [2.05, 4.69) is 27.9 Å². The normalized spacial score (nSPS) is 14.4. The van der Waals surface area contributed by atoms with Gasteiger partial charge in [0.15, 0.2) is 0 Å². The molecule has 2 aromatic rings. The van der Waals surface area contributed by atoms with Crippen LogP contribution in [0.25, 0.3) is 0 Å². The van der Waals surface area contributed by atoms with E-state index in [1.165, 1.54) is 11.3 Å². The molecule has 0 unspecified atom stereocenters. The van der Waals surface area contributed by atoms with Crippen molar-refractivity contribution in [3.8, 4) is 0 Å². The first kappa shape index (κ1) is 19.2. The van der Waals surface area contributed by atoms with Crippen molar-refractivity contribution in [1.29, 1.82) is 0 Å². The van der Waals surface area contributed by atoms with Crippen molar-refractivity contribution >= 4 is 5.71 Å². The van der Waals surface area contributed by atoms with Crippen LogP contribution in [0.3, 0.4) is 0 Å². The second-order valence-corrected chi connectivity index (χ2v) is 6.83. The first-order valence-electron chi connectivity index (χ1n) is 8.68. The number of nitrogens with zero attached hydrogens (tertiary/aromatic N) is 2. The lowest BCUT2D eigenvalue weighted by atomic mass is 9.97. The molecule has 0 aliphatic heterocycles. The number of hydrogen-bond donors (Lipinski definition) is 2. The van der Waals surface area contributed by atoms with E-state index >= 15 is 0 Å². The molecule has 1 heterocycles. The molecule has 2 rings (SSSR count). The third-order valence-corrected chi connectivity index (χ3v) is 4.44. The Kier molecular flexibility index (Phi) is 6.79. The fourth-order valence-corrected chi connectivity index (χ4v) is 2.66. The highest BCUT2D eigenvalue weighted by atomic mass is 16.6. The predicted molar refractivity (Wildman–Crippen MR) is 102 cm³/mol. The summed E-state index contributed by atoms with van der Waals surface area (Å²) in [6.07, 6.45) is 2.38. The second kappa shape index (κ2) is 8.83. The molecule has 0 spiro atoms. The van der Waals surface area contributed by atoms with Crippen LogP contribution in [0.5, 0.6) is 0 Å². The molecule has 0 amide bonds. The number of aryl methyl sites for hydroxylation is 1. The van der Waals surface area contributed by atoms with E-state index in [0.29, 0.717) is 6.61 Å². The zero-order valence-electron chi connectivity index (χ0n) is 15.4. The molecule has 0 radical (unpaired) electrons. The van der Waals surface area contributed by atoms with Crippen LogP contribution >= 0.6 is 0 Å². The Hall–Kier alpha value is -2.11. The van der Waals surface area contributed by atoms with Crippen LogP contribution in [-0.4, -0.2) is 34.1 Å². The Balaban J connectivity index is 1.89. The van der Waals surface area contributed by atoms with Gasteiger partial charge >= 0.3 is 0 Å². The molecule has 0 aliphatic rings. The fraction of sp³-hybridized carbons (Fsp3) is 0.450. The molecule has 0 bridgehead atoms. The van der Waals surface area contributed by atoms with Crippen LogP contribution in [0.4, 0.5) is 0 Å². The van der Waals surface area contributed by atoms with Crippen molar-refractivity contribution in [2.45, 2.75) is 38.6 Å². The average molecular weight is 343 g/mol. The van der Waals surface area contributed by atoms with E-state index in [4.69, 9.17) is 10.6 Å². The van der Waals surface area contributed by atoms with E-state index in [0.717, 1.165) is 30.7 Å². The highest BCUT2D eigenvalue weighted by molar-refractivity contribution is 5.97. The van der Waals surface area contributed by atoms with Gasteiger partial charge in [-0.2, -0.15) is 0 Å². The van der Waals surface area contributed by atoms with Crippen molar-refractivity contribution in [3.05, 3.63) is 59.4 Å². The number of benzene rings is 1. The van der Waals surface area contributed by atoms with Crippen LogP contribution in [0.1, 0.15) is 37.2 Å². The highest BCUT2D eigenvalue weighted by Crippen LogP contribution is 2.15. The Morgan fingerprint density at radius 2 is 1.92 bits per heavy atom. The molecule has 0 saturated carbocycles. The maximum absolute atomic E-state index is 9.27. The number of aliphatic hydroxyl groups is 1. The Labute approximate surface area is 150 Å². The summed E-state index contributed by atoms with van der Waals surface area (Å²) in [5, 5.41) is 13.5. The van der Waals surface area contributed by atoms with Gasteiger partial charge in [-0.3, -0.25) is 0 Å². The number of aromatic nitrogens is 1. The zero-order valence-corrected chi connectivity index (χ0v) is 15.4. The largest absolute Gasteiger partial charge is 0.395 e. The molecular formula is C20H29N3O2. The van der Waals surface area contributed by atoms with E-state index in [1.807, 2.05) is 45.2 Å².